The largest absolute Gasteiger partial charge is 0.477 e. The van der Waals surface area contributed by atoms with E-state index in [1.165, 1.54) is 0 Å². The maximum absolute atomic E-state index is 13.3. The van der Waals surface area contributed by atoms with Crippen molar-refractivity contribution in [3.63, 3.8) is 0 Å². The van der Waals surface area contributed by atoms with Crippen LogP contribution in [0.5, 0.6) is 5.88 Å². The van der Waals surface area contributed by atoms with E-state index in [0.29, 0.717) is 36.1 Å². The van der Waals surface area contributed by atoms with Crippen LogP contribution in [0.2, 0.25) is 0 Å². The molecule has 1 amide bonds. The molecule has 3 aromatic heterocycles. The predicted molar refractivity (Wildman–Crippen MR) is 121 cm³/mol. The second-order valence-corrected chi connectivity index (χ2v) is 8.70. The summed E-state index contributed by atoms with van der Waals surface area (Å²) in [5.74, 6) is 2.57. The molecule has 2 bridgehead atoms. The van der Waals surface area contributed by atoms with Crippen molar-refractivity contribution in [1.82, 2.24) is 24.5 Å². The molecule has 5 rings (SSSR count). The van der Waals surface area contributed by atoms with E-state index >= 15 is 0 Å². The molecule has 3 aromatic rings. The molecule has 1 atom stereocenters. The van der Waals surface area contributed by atoms with Crippen LogP contribution >= 0.6 is 0 Å². The van der Waals surface area contributed by atoms with E-state index in [0.717, 1.165) is 47.9 Å². The zero-order chi connectivity index (χ0) is 22.4. The number of aliphatic imine (C=N–C) groups is 1. The summed E-state index contributed by atoms with van der Waals surface area (Å²) in [5.41, 5.74) is 3.79. The number of carbonyl (C=O) groups excluding carboxylic acids is 1. The molecule has 2 aliphatic heterocycles. The summed E-state index contributed by atoms with van der Waals surface area (Å²) in [6.07, 6.45) is 6.11. The molecule has 0 radical (unpaired) electrons. The molecule has 0 aromatic carbocycles. The van der Waals surface area contributed by atoms with Crippen LogP contribution in [0.1, 0.15) is 41.4 Å². The third-order valence-corrected chi connectivity index (χ3v) is 6.06. The first-order valence-corrected chi connectivity index (χ1v) is 10.9. The van der Waals surface area contributed by atoms with Gasteiger partial charge in [0.1, 0.15) is 11.7 Å². The standard InChI is InChI=1S/C23H27N7O2/c1-14-6-5-7-32-23-18(12-25-29(23)4)19-9-16(8-15(2)26-19)21(31)27-20-10-17-11-24-28(3)22(17)30(20)13-14/h8-9,11-12,14H,5-7,10,13H2,1-4H3/t14-/m1/s1. The van der Waals surface area contributed by atoms with Crippen LogP contribution in [0.3, 0.4) is 0 Å². The third-order valence-electron chi connectivity index (χ3n) is 6.06. The van der Waals surface area contributed by atoms with Gasteiger partial charge in [-0.15, -0.1) is 0 Å². The van der Waals surface area contributed by atoms with Crippen LogP contribution in [0.25, 0.3) is 11.3 Å². The van der Waals surface area contributed by atoms with Gasteiger partial charge in [-0.1, -0.05) is 6.92 Å². The maximum atomic E-state index is 13.3. The summed E-state index contributed by atoms with van der Waals surface area (Å²) in [6.45, 7) is 5.46. The zero-order valence-electron chi connectivity index (χ0n) is 18.9. The maximum Gasteiger partial charge on any atom is 0.278 e. The lowest BCUT2D eigenvalue weighted by Gasteiger charge is -2.24. The Kier molecular flexibility index (Phi) is 5.03. The van der Waals surface area contributed by atoms with Crippen molar-refractivity contribution in [3.05, 3.63) is 41.3 Å². The number of ether oxygens (including phenoxy) is 1. The van der Waals surface area contributed by atoms with Gasteiger partial charge in [0.25, 0.3) is 5.91 Å². The summed E-state index contributed by atoms with van der Waals surface area (Å²) in [5, 5.41) is 8.75. The van der Waals surface area contributed by atoms with Crippen LogP contribution in [-0.2, 0) is 20.5 Å². The fourth-order valence-corrected chi connectivity index (χ4v) is 4.52. The molecule has 0 saturated heterocycles. The first kappa shape index (κ1) is 20.4. The van der Waals surface area contributed by atoms with Crippen molar-refractivity contribution in [2.24, 2.45) is 25.0 Å². The predicted octanol–water partition coefficient (Wildman–Crippen LogP) is 2.93. The summed E-state index contributed by atoms with van der Waals surface area (Å²) < 4.78 is 9.69. The molecule has 0 spiro atoms. The van der Waals surface area contributed by atoms with Gasteiger partial charge in [0.05, 0.1) is 30.3 Å². The van der Waals surface area contributed by atoms with Crippen molar-refractivity contribution >= 4 is 17.6 Å². The lowest BCUT2D eigenvalue weighted by Crippen LogP contribution is -2.34. The number of pyridine rings is 1. The molecule has 9 heteroatoms. The van der Waals surface area contributed by atoms with E-state index in [2.05, 4.69) is 32.0 Å². The molecule has 0 fully saturated rings. The van der Waals surface area contributed by atoms with Crippen LogP contribution in [0.4, 0.5) is 5.82 Å². The van der Waals surface area contributed by atoms with Gasteiger partial charge in [-0.05, 0) is 37.8 Å². The highest BCUT2D eigenvalue weighted by atomic mass is 16.5. The van der Waals surface area contributed by atoms with E-state index in [4.69, 9.17) is 4.74 Å². The number of rotatable bonds is 0. The molecule has 32 heavy (non-hydrogen) atoms. The summed E-state index contributed by atoms with van der Waals surface area (Å²) in [6, 6.07) is 3.56. The van der Waals surface area contributed by atoms with Crippen molar-refractivity contribution in [1.29, 1.82) is 0 Å². The van der Waals surface area contributed by atoms with E-state index in [1.54, 1.807) is 23.0 Å². The number of amidine groups is 1. The summed E-state index contributed by atoms with van der Waals surface area (Å²) in [4.78, 5) is 24.6. The normalized spacial score (nSPS) is 18.8. The van der Waals surface area contributed by atoms with Gasteiger partial charge < -0.3 is 9.64 Å². The Hall–Kier alpha value is -3.49. The Balaban J connectivity index is 1.60. The lowest BCUT2D eigenvalue weighted by molar-refractivity contribution is 0.100. The highest BCUT2D eigenvalue weighted by molar-refractivity contribution is 6.12. The Morgan fingerprint density at radius 3 is 2.78 bits per heavy atom. The highest BCUT2D eigenvalue weighted by Crippen LogP contribution is 2.32. The number of amides is 1. The molecule has 0 unspecified atom stereocenters. The quantitative estimate of drug-likeness (QED) is 0.541. The number of hydrogen-bond donors (Lipinski definition) is 0. The van der Waals surface area contributed by atoms with Crippen molar-refractivity contribution in [3.8, 4) is 17.1 Å². The Morgan fingerprint density at radius 1 is 1.12 bits per heavy atom. The van der Waals surface area contributed by atoms with Gasteiger partial charge in [0, 0.05) is 43.9 Å². The Bertz CT molecular complexity index is 1220. The SMILES string of the molecule is Cc1cc2cc(n1)-c1cnn(C)c1OCCC[C@@H](C)CN1C(=NC2=O)Cc2cnn(C)c21. The smallest absolute Gasteiger partial charge is 0.278 e. The second-order valence-electron chi connectivity index (χ2n) is 8.70. The number of anilines is 1. The fourth-order valence-electron chi connectivity index (χ4n) is 4.52. The first-order valence-electron chi connectivity index (χ1n) is 10.9. The monoisotopic (exact) mass is 433 g/mol. The topological polar surface area (TPSA) is 90.4 Å². The van der Waals surface area contributed by atoms with Crippen molar-refractivity contribution in [2.75, 3.05) is 18.1 Å². The minimum Gasteiger partial charge on any atom is -0.477 e. The Labute approximate surface area is 186 Å². The number of hydrogen-bond acceptors (Lipinski definition) is 6. The second kappa shape index (κ2) is 7.89. The molecule has 0 saturated carbocycles. The molecule has 0 aliphatic carbocycles. The molecule has 166 valence electrons. The number of nitrogens with zero attached hydrogens (tertiary/aromatic N) is 7. The fraction of sp³-hybridized carbons (Fsp3) is 0.435. The molecular formula is C23H27N7O2. The van der Waals surface area contributed by atoms with Crippen molar-refractivity contribution < 1.29 is 9.53 Å². The molecule has 0 N–H and O–H groups in total. The van der Waals surface area contributed by atoms with Crippen LogP contribution in [-0.4, -0.2) is 49.4 Å². The van der Waals surface area contributed by atoms with Gasteiger partial charge in [0.2, 0.25) is 5.88 Å². The van der Waals surface area contributed by atoms with Crippen molar-refractivity contribution in [2.45, 2.75) is 33.1 Å². The van der Waals surface area contributed by atoms with E-state index in [1.807, 2.05) is 31.9 Å². The number of aryl methyl sites for hydroxylation is 3. The average molecular weight is 434 g/mol. The lowest BCUT2D eigenvalue weighted by atomic mass is 10.1. The number of aromatic nitrogens is 5. The van der Waals surface area contributed by atoms with Gasteiger partial charge in [-0.25, -0.2) is 4.68 Å². The molecule has 9 nitrogen and oxygen atoms in total. The minimum atomic E-state index is -0.272. The highest BCUT2D eigenvalue weighted by Gasteiger charge is 2.31. The zero-order valence-corrected chi connectivity index (χ0v) is 18.9. The van der Waals surface area contributed by atoms with Crippen LogP contribution < -0.4 is 9.64 Å². The van der Waals surface area contributed by atoms with Crippen LogP contribution in [0, 0.1) is 12.8 Å². The van der Waals surface area contributed by atoms with Gasteiger partial charge in [-0.2, -0.15) is 15.2 Å². The van der Waals surface area contributed by atoms with E-state index < -0.39 is 0 Å². The Morgan fingerprint density at radius 2 is 1.94 bits per heavy atom. The summed E-state index contributed by atoms with van der Waals surface area (Å²) >= 11 is 0. The minimum absolute atomic E-state index is 0.272. The number of carbonyl (C=O) groups is 1. The molecule has 5 heterocycles. The van der Waals surface area contributed by atoms with Gasteiger partial charge in [0.15, 0.2) is 0 Å². The summed E-state index contributed by atoms with van der Waals surface area (Å²) in [7, 11) is 3.78. The number of fused-ring (bicyclic) bond motifs is 7. The third kappa shape index (κ3) is 3.57. The van der Waals surface area contributed by atoms with E-state index in [9.17, 15) is 4.79 Å². The molecule has 2 aliphatic rings. The van der Waals surface area contributed by atoms with Gasteiger partial charge >= 0.3 is 0 Å². The molecular weight excluding hydrogens is 406 g/mol. The van der Waals surface area contributed by atoms with Gasteiger partial charge in [-0.3, -0.25) is 14.5 Å². The van der Waals surface area contributed by atoms with Crippen LogP contribution in [0.15, 0.2) is 29.5 Å². The van der Waals surface area contributed by atoms with E-state index in [-0.39, 0.29) is 5.91 Å². The average Bonchev–Trinajstić information content (AvgIpc) is 3.40. The first-order chi connectivity index (χ1) is 15.4.